The van der Waals surface area contributed by atoms with Crippen molar-refractivity contribution in [3.05, 3.63) is 30.1 Å². The van der Waals surface area contributed by atoms with Crippen LogP contribution in [0.25, 0.3) is 0 Å². The molecule has 0 aromatic carbocycles. The maximum atomic E-state index is 12.9. The van der Waals surface area contributed by atoms with E-state index in [1.165, 1.54) is 0 Å². The minimum Gasteiger partial charge on any atom is -0.328 e. The van der Waals surface area contributed by atoms with Gasteiger partial charge in [-0.15, -0.1) is 0 Å². The second-order valence-electron chi connectivity index (χ2n) is 7.02. The fourth-order valence-electron chi connectivity index (χ4n) is 4.08. The van der Waals surface area contributed by atoms with Gasteiger partial charge in [0.2, 0.25) is 5.91 Å². The Kier molecular flexibility index (Phi) is 4.49. The highest BCUT2D eigenvalue weighted by Gasteiger charge is 2.45. The van der Waals surface area contributed by atoms with E-state index in [2.05, 4.69) is 37.8 Å². The number of piperazine rings is 1. The molecule has 0 radical (unpaired) electrons. The standard InChI is InChI=1S/C17H26N6O/c1-22-8-10-23(11-9-22)17-20-15-14(16(24)21-17)12(5-7-19-15)13-4-2-3-6-18-13/h2-4,6,12,14-15,17,19-20H,5,7-11H2,1H3,(H,21,24). The molecule has 7 nitrogen and oxygen atoms in total. The number of nitrogens with one attached hydrogen (secondary N) is 3. The smallest absolute Gasteiger partial charge is 0.228 e. The second kappa shape index (κ2) is 6.76. The first-order chi connectivity index (χ1) is 11.7. The molecule has 3 aliphatic heterocycles. The van der Waals surface area contributed by atoms with Gasteiger partial charge in [-0.05, 0) is 32.1 Å². The van der Waals surface area contributed by atoms with Gasteiger partial charge in [-0.2, -0.15) is 0 Å². The molecule has 3 N–H and O–H groups in total. The van der Waals surface area contributed by atoms with Crippen LogP contribution in [0, 0.1) is 5.92 Å². The molecule has 1 amide bonds. The van der Waals surface area contributed by atoms with Gasteiger partial charge in [-0.1, -0.05) is 6.07 Å². The number of likely N-dealkylation sites (N-methyl/N-ethyl adjacent to an activating group) is 1. The van der Waals surface area contributed by atoms with E-state index in [4.69, 9.17) is 0 Å². The molecule has 4 rings (SSSR count). The van der Waals surface area contributed by atoms with Crippen molar-refractivity contribution in [3.63, 3.8) is 0 Å². The summed E-state index contributed by atoms with van der Waals surface area (Å²) < 4.78 is 0. The zero-order chi connectivity index (χ0) is 16.5. The van der Waals surface area contributed by atoms with Crippen molar-refractivity contribution in [1.29, 1.82) is 0 Å². The number of pyridine rings is 1. The van der Waals surface area contributed by atoms with Gasteiger partial charge in [0.15, 0.2) is 0 Å². The van der Waals surface area contributed by atoms with Crippen molar-refractivity contribution in [2.75, 3.05) is 39.8 Å². The van der Waals surface area contributed by atoms with E-state index >= 15 is 0 Å². The van der Waals surface area contributed by atoms with Crippen LogP contribution in [0.2, 0.25) is 0 Å². The fraction of sp³-hybridized carbons (Fsp3) is 0.647. The maximum absolute atomic E-state index is 12.9. The van der Waals surface area contributed by atoms with Crippen LogP contribution in [0.1, 0.15) is 18.0 Å². The molecule has 0 spiro atoms. The van der Waals surface area contributed by atoms with Crippen molar-refractivity contribution in [2.24, 2.45) is 5.92 Å². The lowest BCUT2D eigenvalue weighted by Crippen LogP contribution is -2.73. The molecule has 3 aliphatic rings. The van der Waals surface area contributed by atoms with Crippen LogP contribution in [-0.4, -0.2) is 72.9 Å². The lowest BCUT2D eigenvalue weighted by molar-refractivity contribution is -0.136. The number of rotatable bonds is 2. The van der Waals surface area contributed by atoms with Crippen LogP contribution in [0.3, 0.4) is 0 Å². The summed E-state index contributed by atoms with van der Waals surface area (Å²) in [7, 11) is 2.14. The highest BCUT2D eigenvalue weighted by Crippen LogP contribution is 2.33. The van der Waals surface area contributed by atoms with Gasteiger partial charge in [-0.25, -0.2) is 0 Å². The predicted molar refractivity (Wildman–Crippen MR) is 91.0 cm³/mol. The van der Waals surface area contributed by atoms with E-state index in [0.717, 1.165) is 44.8 Å². The van der Waals surface area contributed by atoms with E-state index < -0.39 is 0 Å². The Morgan fingerprint density at radius 3 is 2.79 bits per heavy atom. The van der Waals surface area contributed by atoms with E-state index in [1.807, 2.05) is 24.4 Å². The summed E-state index contributed by atoms with van der Waals surface area (Å²) in [6.45, 7) is 4.90. The predicted octanol–water partition coefficient (Wildman–Crippen LogP) is -0.649. The third-order valence-electron chi connectivity index (χ3n) is 5.50. The van der Waals surface area contributed by atoms with E-state index in [0.29, 0.717) is 0 Å². The SMILES string of the molecule is CN1CCN(C2NC(=O)C3C(NCCC3c3ccccn3)N2)CC1. The summed E-state index contributed by atoms with van der Waals surface area (Å²) in [6, 6.07) is 5.96. The average Bonchev–Trinajstić information content (AvgIpc) is 2.62. The number of nitrogens with zero attached hydrogens (tertiary/aromatic N) is 3. The van der Waals surface area contributed by atoms with Crippen molar-refractivity contribution < 1.29 is 4.79 Å². The molecular formula is C17H26N6O. The van der Waals surface area contributed by atoms with Crippen LogP contribution in [-0.2, 0) is 4.79 Å². The zero-order valence-corrected chi connectivity index (χ0v) is 14.1. The van der Waals surface area contributed by atoms with Gasteiger partial charge >= 0.3 is 0 Å². The first-order valence-electron chi connectivity index (χ1n) is 8.86. The number of hydrogen-bond donors (Lipinski definition) is 3. The highest BCUT2D eigenvalue weighted by molar-refractivity contribution is 5.81. The van der Waals surface area contributed by atoms with Crippen LogP contribution >= 0.6 is 0 Å². The van der Waals surface area contributed by atoms with Crippen molar-refractivity contribution in [1.82, 2.24) is 30.7 Å². The Bertz CT molecular complexity index is 574. The average molecular weight is 330 g/mol. The molecule has 3 fully saturated rings. The Labute approximate surface area is 142 Å². The summed E-state index contributed by atoms with van der Waals surface area (Å²) in [5.41, 5.74) is 1.02. The van der Waals surface area contributed by atoms with Crippen molar-refractivity contribution in [3.8, 4) is 0 Å². The first-order valence-corrected chi connectivity index (χ1v) is 8.86. The lowest BCUT2D eigenvalue weighted by atomic mass is 9.80. The van der Waals surface area contributed by atoms with Crippen LogP contribution in [0.4, 0.5) is 0 Å². The molecule has 4 atom stereocenters. The molecule has 1 aromatic rings. The largest absolute Gasteiger partial charge is 0.328 e. The van der Waals surface area contributed by atoms with E-state index in [1.54, 1.807) is 0 Å². The number of aromatic nitrogens is 1. The van der Waals surface area contributed by atoms with Crippen molar-refractivity contribution in [2.45, 2.75) is 24.8 Å². The molecule has 7 heteroatoms. The number of fused-ring (bicyclic) bond motifs is 1. The molecule has 24 heavy (non-hydrogen) atoms. The summed E-state index contributed by atoms with van der Waals surface area (Å²) in [6.07, 6.45) is 2.67. The van der Waals surface area contributed by atoms with Crippen molar-refractivity contribution >= 4 is 5.91 Å². The minimum atomic E-state index is -0.114. The molecular weight excluding hydrogens is 304 g/mol. The van der Waals surface area contributed by atoms with Gasteiger partial charge in [0.1, 0.15) is 6.29 Å². The molecule has 1 aromatic heterocycles. The minimum absolute atomic E-state index is 0.00385. The topological polar surface area (TPSA) is 72.5 Å². The molecule has 4 unspecified atom stereocenters. The Balaban J connectivity index is 1.49. The Hall–Kier alpha value is -1.54. The number of carbonyl (C=O) groups excluding carboxylic acids is 1. The summed E-state index contributed by atoms with van der Waals surface area (Å²) >= 11 is 0. The first kappa shape index (κ1) is 16.0. The maximum Gasteiger partial charge on any atom is 0.228 e. The summed E-state index contributed by atoms with van der Waals surface area (Å²) in [5.74, 6) is 0.182. The monoisotopic (exact) mass is 330 g/mol. The molecule has 3 saturated heterocycles. The van der Waals surface area contributed by atoms with Crippen LogP contribution in [0.15, 0.2) is 24.4 Å². The fourth-order valence-corrected chi connectivity index (χ4v) is 4.08. The third-order valence-corrected chi connectivity index (χ3v) is 5.50. The number of hydrogen-bond acceptors (Lipinski definition) is 6. The Morgan fingerprint density at radius 2 is 2.04 bits per heavy atom. The lowest BCUT2D eigenvalue weighted by Gasteiger charge is -2.48. The van der Waals surface area contributed by atoms with Gasteiger partial charge in [0.25, 0.3) is 0 Å². The van der Waals surface area contributed by atoms with Gasteiger partial charge in [-0.3, -0.25) is 20.0 Å². The van der Waals surface area contributed by atoms with Crippen LogP contribution in [0.5, 0.6) is 0 Å². The van der Waals surface area contributed by atoms with Gasteiger partial charge in [0.05, 0.1) is 12.1 Å². The summed E-state index contributed by atoms with van der Waals surface area (Å²) in [4.78, 5) is 22.0. The van der Waals surface area contributed by atoms with E-state index in [9.17, 15) is 4.79 Å². The highest BCUT2D eigenvalue weighted by atomic mass is 16.2. The molecule has 4 heterocycles. The molecule has 0 bridgehead atoms. The van der Waals surface area contributed by atoms with E-state index in [-0.39, 0.29) is 30.2 Å². The second-order valence-corrected chi connectivity index (χ2v) is 7.02. The number of carbonyl (C=O) groups is 1. The third kappa shape index (κ3) is 3.04. The normalized spacial score (nSPS) is 35.3. The zero-order valence-electron chi connectivity index (χ0n) is 14.1. The van der Waals surface area contributed by atoms with Gasteiger partial charge in [0, 0.05) is 44.0 Å². The number of amides is 1. The van der Waals surface area contributed by atoms with Gasteiger partial charge < -0.3 is 15.5 Å². The molecule has 0 aliphatic carbocycles. The number of piperidine rings is 1. The Morgan fingerprint density at radius 1 is 1.21 bits per heavy atom. The molecule has 130 valence electrons. The van der Waals surface area contributed by atoms with Crippen LogP contribution < -0.4 is 16.0 Å². The summed E-state index contributed by atoms with van der Waals surface area (Å²) in [5, 5.41) is 10.3. The quantitative estimate of drug-likeness (QED) is 0.669. The molecule has 0 saturated carbocycles.